The zero-order chi connectivity index (χ0) is 24.2. The summed E-state index contributed by atoms with van der Waals surface area (Å²) in [7, 11) is 2.28. The summed E-state index contributed by atoms with van der Waals surface area (Å²) < 4.78 is 20.8. The molecule has 4 rings (SSSR count). The Morgan fingerprint density at radius 3 is 1.53 bits per heavy atom. The van der Waals surface area contributed by atoms with Crippen molar-refractivity contribution in [1.82, 2.24) is 0 Å². The largest absolute Gasteiger partial charge is 0.426 e. The van der Waals surface area contributed by atoms with Gasteiger partial charge in [-0.25, -0.2) is 9.59 Å². The van der Waals surface area contributed by atoms with Crippen molar-refractivity contribution in [2.75, 3.05) is 11.5 Å². The fraction of sp³-hybridized carbons (Fsp3) is 0.167. The Labute approximate surface area is 200 Å². The molecule has 0 fully saturated rings. The lowest BCUT2D eigenvalue weighted by molar-refractivity contribution is -0.132. The van der Waals surface area contributed by atoms with E-state index in [0.717, 1.165) is 43.5 Å². The maximum absolute atomic E-state index is 12.1. The molecule has 10 heteroatoms. The summed E-state index contributed by atoms with van der Waals surface area (Å²) in [6, 6.07) is 12.4. The molecular formula is C24H18O8S2. The lowest BCUT2D eigenvalue weighted by Crippen LogP contribution is -2.12. The van der Waals surface area contributed by atoms with E-state index < -0.39 is 23.2 Å². The van der Waals surface area contributed by atoms with Crippen LogP contribution in [0.4, 0.5) is 0 Å². The topological polar surface area (TPSA) is 113 Å². The minimum Gasteiger partial charge on any atom is -0.426 e. The molecule has 0 unspecified atom stereocenters. The molecule has 4 aromatic rings. The molecule has 0 N–H and O–H groups in total. The Morgan fingerprint density at radius 1 is 0.706 bits per heavy atom. The predicted octanol–water partition coefficient (Wildman–Crippen LogP) is 4.41. The highest BCUT2D eigenvalue weighted by Gasteiger charge is 2.12. The SMILES string of the molecule is Cc1cc(=O)oc2cc(OC(=O)CSSCC(=O)Oc3ccc4c(C)cc(=O)oc4c3)ccc12. The lowest BCUT2D eigenvalue weighted by atomic mass is 10.1. The van der Waals surface area contributed by atoms with Gasteiger partial charge in [0.25, 0.3) is 0 Å². The molecule has 2 aromatic carbocycles. The molecule has 2 heterocycles. The van der Waals surface area contributed by atoms with Gasteiger partial charge in [0.2, 0.25) is 0 Å². The highest BCUT2D eigenvalue weighted by atomic mass is 33.1. The average molecular weight is 499 g/mol. The Hall–Kier alpha value is -3.50. The van der Waals surface area contributed by atoms with Gasteiger partial charge in [0.1, 0.15) is 34.2 Å². The van der Waals surface area contributed by atoms with Gasteiger partial charge < -0.3 is 18.3 Å². The highest BCUT2D eigenvalue weighted by Crippen LogP contribution is 2.26. The molecular weight excluding hydrogens is 480 g/mol. The first kappa shape index (κ1) is 23.7. The van der Waals surface area contributed by atoms with E-state index in [1.54, 1.807) is 38.1 Å². The maximum Gasteiger partial charge on any atom is 0.336 e. The molecule has 0 amide bonds. The summed E-state index contributed by atoms with van der Waals surface area (Å²) in [5.74, 6) is -0.522. The van der Waals surface area contributed by atoms with Gasteiger partial charge >= 0.3 is 23.2 Å². The monoisotopic (exact) mass is 498 g/mol. The number of benzene rings is 2. The predicted molar refractivity (Wildman–Crippen MR) is 131 cm³/mol. The third kappa shape index (κ3) is 5.70. The molecule has 34 heavy (non-hydrogen) atoms. The first-order chi connectivity index (χ1) is 16.3. The standard InChI is InChI=1S/C24H18O8S2/c1-13-7-21(25)31-19-9-15(3-5-17(13)19)29-23(27)11-33-34-12-24(28)30-16-4-6-18-14(2)8-22(26)32-20(18)10-16/h3-10H,11-12H2,1-2H3. The number of ether oxygens (including phenoxy) is 2. The number of hydrogen-bond acceptors (Lipinski definition) is 10. The van der Waals surface area contributed by atoms with Crippen LogP contribution in [0.1, 0.15) is 11.1 Å². The number of carbonyl (C=O) groups excluding carboxylic acids is 2. The van der Waals surface area contributed by atoms with Crippen LogP contribution in [0, 0.1) is 13.8 Å². The Balaban J connectivity index is 1.25. The second-order valence-electron chi connectivity index (χ2n) is 7.29. The summed E-state index contributed by atoms with van der Waals surface area (Å²) in [6.45, 7) is 3.59. The zero-order valence-corrected chi connectivity index (χ0v) is 19.7. The number of esters is 2. The van der Waals surface area contributed by atoms with Crippen LogP contribution in [0.15, 0.2) is 67.0 Å². The van der Waals surface area contributed by atoms with Gasteiger partial charge in [0.05, 0.1) is 0 Å². The number of fused-ring (bicyclic) bond motifs is 2. The molecule has 174 valence electrons. The Bertz CT molecular complexity index is 1400. The lowest BCUT2D eigenvalue weighted by Gasteiger charge is -2.07. The normalized spacial score (nSPS) is 11.0. The van der Waals surface area contributed by atoms with Crippen molar-refractivity contribution in [3.63, 3.8) is 0 Å². The van der Waals surface area contributed by atoms with Gasteiger partial charge in [-0.1, -0.05) is 21.6 Å². The molecule has 0 bridgehead atoms. The number of rotatable bonds is 7. The smallest absolute Gasteiger partial charge is 0.336 e. The van der Waals surface area contributed by atoms with Crippen LogP contribution in [0.3, 0.4) is 0 Å². The molecule has 0 saturated heterocycles. The summed E-state index contributed by atoms with van der Waals surface area (Å²) in [4.78, 5) is 47.3. The van der Waals surface area contributed by atoms with E-state index in [9.17, 15) is 19.2 Å². The molecule has 0 spiro atoms. The Kier molecular flexibility index (Phi) is 7.09. The quantitative estimate of drug-likeness (QED) is 0.119. The molecule has 2 aromatic heterocycles. The van der Waals surface area contributed by atoms with Gasteiger partial charge in [-0.05, 0) is 49.2 Å². The zero-order valence-electron chi connectivity index (χ0n) is 18.1. The average Bonchev–Trinajstić information content (AvgIpc) is 2.76. The maximum atomic E-state index is 12.1. The minimum absolute atomic E-state index is 0.00580. The molecule has 0 aliphatic carbocycles. The van der Waals surface area contributed by atoms with Crippen LogP contribution in [-0.2, 0) is 9.59 Å². The first-order valence-electron chi connectivity index (χ1n) is 10.0. The van der Waals surface area contributed by atoms with Gasteiger partial charge in [-0.2, -0.15) is 0 Å². The van der Waals surface area contributed by atoms with Gasteiger partial charge in [0, 0.05) is 35.0 Å². The van der Waals surface area contributed by atoms with Crippen molar-refractivity contribution in [2.45, 2.75) is 13.8 Å². The van der Waals surface area contributed by atoms with E-state index in [1.165, 1.54) is 24.3 Å². The number of carbonyl (C=O) groups is 2. The first-order valence-corrected chi connectivity index (χ1v) is 12.5. The van der Waals surface area contributed by atoms with Crippen LogP contribution in [0.5, 0.6) is 11.5 Å². The van der Waals surface area contributed by atoms with Crippen molar-refractivity contribution < 1.29 is 27.9 Å². The van der Waals surface area contributed by atoms with E-state index in [1.807, 2.05) is 0 Å². The van der Waals surface area contributed by atoms with E-state index in [0.29, 0.717) is 11.2 Å². The van der Waals surface area contributed by atoms with E-state index in [2.05, 4.69) is 0 Å². The van der Waals surface area contributed by atoms with Crippen LogP contribution in [0.2, 0.25) is 0 Å². The van der Waals surface area contributed by atoms with Gasteiger partial charge in [-0.15, -0.1) is 0 Å². The fourth-order valence-corrected chi connectivity index (χ4v) is 4.79. The van der Waals surface area contributed by atoms with Gasteiger partial charge in [0.15, 0.2) is 0 Å². The van der Waals surface area contributed by atoms with Crippen LogP contribution in [-0.4, -0.2) is 23.4 Å². The van der Waals surface area contributed by atoms with Crippen LogP contribution in [0.25, 0.3) is 21.9 Å². The second kappa shape index (κ2) is 10.2. The summed E-state index contributed by atoms with van der Waals surface area (Å²) in [5.41, 5.74) is 1.26. The van der Waals surface area contributed by atoms with E-state index >= 15 is 0 Å². The van der Waals surface area contributed by atoms with Crippen molar-refractivity contribution in [3.8, 4) is 11.5 Å². The van der Waals surface area contributed by atoms with Gasteiger partial charge in [-0.3, -0.25) is 9.59 Å². The van der Waals surface area contributed by atoms with Crippen molar-refractivity contribution in [3.05, 3.63) is 80.5 Å². The van der Waals surface area contributed by atoms with Crippen molar-refractivity contribution in [2.24, 2.45) is 0 Å². The van der Waals surface area contributed by atoms with Crippen LogP contribution < -0.4 is 20.7 Å². The van der Waals surface area contributed by atoms with Crippen molar-refractivity contribution in [1.29, 1.82) is 0 Å². The van der Waals surface area contributed by atoms with E-state index in [-0.39, 0.29) is 23.0 Å². The molecule has 0 aliphatic rings. The second-order valence-corrected chi connectivity index (χ2v) is 9.75. The molecule has 0 atom stereocenters. The molecule has 8 nitrogen and oxygen atoms in total. The minimum atomic E-state index is -0.514. The van der Waals surface area contributed by atoms with Crippen molar-refractivity contribution >= 4 is 55.5 Å². The summed E-state index contributed by atoms with van der Waals surface area (Å²) in [5, 5.41) is 1.51. The number of aryl methyl sites for hydroxylation is 2. The fourth-order valence-electron chi connectivity index (χ4n) is 3.24. The third-order valence-electron chi connectivity index (χ3n) is 4.75. The molecule has 0 radical (unpaired) electrons. The number of hydrogen-bond donors (Lipinski definition) is 0. The van der Waals surface area contributed by atoms with E-state index in [4.69, 9.17) is 18.3 Å². The highest BCUT2D eigenvalue weighted by molar-refractivity contribution is 8.77. The summed E-state index contributed by atoms with van der Waals surface area (Å²) in [6.07, 6.45) is 0. The molecule has 0 aliphatic heterocycles. The Morgan fingerprint density at radius 2 is 1.12 bits per heavy atom. The third-order valence-corrected chi connectivity index (χ3v) is 6.83. The summed E-state index contributed by atoms with van der Waals surface area (Å²) >= 11 is 0. The van der Waals surface area contributed by atoms with Crippen LogP contribution >= 0.6 is 21.6 Å². The molecule has 0 saturated carbocycles.